The fourth-order valence-electron chi connectivity index (χ4n) is 1.14. The molecule has 17 heavy (non-hydrogen) atoms. The van der Waals surface area contributed by atoms with E-state index >= 15 is 0 Å². The summed E-state index contributed by atoms with van der Waals surface area (Å²) in [6.07, 6.45) is -1.71. The Labute approximate surface area is 105 Å². The third-order valence-electron chi connectivity index (χ3n) is 1.85. The predicted molar refractivity (Wildman–Crippen MR) is 60.2 cm³/mol. The fourth-order valence-corrected chi connectivity index (χ4v) is 1.44. The van der Waals surface area contributed by atoms with Crippen molar-refractivity contribution in [2.75, 3.05) is 6.61 Å². The summed E-state index contributed by atoms with van der Waals surface area (Å²) in [4.78, 5) is 24.8. The van der Waals surface area contributed by atoms with Gasteiger partial charge in [0.1, 0.15) is 0 Å². The van der Waals surface area contributed by atoms with Gasteiger partial charge in [0.2, 0.25) is 4.60 Å². The quantitative estimate of drug-likeness (QED) is 0.390. The summed E-state index contributed by atoms with van der Waals surface area (Å²) in [5.74, 6) is -1.53. The molecule has 8 heteroatoms. The normalized spacial score (nSPS) is 11.9. The Kier molecular flexibility index (Phi) is 4.53. The Bertz CT molecular complexity index is 451. The average molecular weight is 305 g/mol. The van der Waals surface area contributed by atoms with Crippen LogP contribution in [0.5, 0.6) is 0 Å². The predicted octanol–water partition coefficient (Wildman–Crippen LogP) is 1.35. The summed E-state index contributed by atoms with van der Waals surface area (Å²) in [7, 11) is 0. The van der Waals surface area contributed by atoms with Crippen LogP contribution >= 0.6 is 15.9 Å². The number of halogens is 1. The van der Waals surface area contributed by atoms with Crippen molar-refractivity contribution in [3.05, 3.63) is 32.4 Å². The lowest BCUT2D eigenvalue weighted by molar-refractivity contribution is -0.390. The molecule has 0 aliphatic heterocycles. The van der Waals surface area contributed by atoms with Crippen LogP contribution in [0.1, 0.15) is 18.6 Å². The standard InChI is InChI=1S/C9H9BrN2O5/c1-2-17-9(14)7(13)5-3-4-6(10)11-8(5)12(15)16/h3-4,7,13H,2H2,1H3. The highest BCUT2D eigenvalue weighted by molar-refractivity contribution is 9.10. The van der Waals surface area contributed by atoms with Gasteiger partial charge >= 0.3 is 11.8 Å². The van der Waals surface area contributed by atoms with Crippen LogP contribution in [0.3, 0.4) is 0 Å². The van der Waals surface area contributed by atoms with Crippen LogP contribution in [0.4, 0.5) is 5.82 Å². The molecule has 0 radical (unpaired) electrons. The molecule has 1 aromatic rings. The van der Waals surface area contributed by atoms with Gasteiger partial charge in [0.05, 0.1) is 12.2 Å². The van der Waals surface area contributed by atoms with Crippen LogP contribution in [-0.2, 0) is 9.53 Å². The van der Waals surface area contributed by atoms with E-state index in [0.29, 0.717) is 0 Å². The maximum atomic E-state index is 11.3. The molecule has 1 atom stereocenters. The summed E-state index contributed by atoms with van der Waals surface area (Å²) >= 11 is 2.97. The molecule has 1 rings (SSSR count). The Morgan fingerprint density at radius 3 is 2.88 bits per heavy atom. The molecule has 0 amide bonds. The van der Waals surface area contributed by atoms with Gasteiger partial charge in [-0.15, -0.1) is 0 Å². The van der Waals surface area contributed by atoms with E-state index in [0.717, 1.165) is 0 Å². The molecule has 0 saturated heterocycles. The van der Waals surface area contributed by atoms with E-state index in [1.54, 1.807) is 6.92 Å². The SMILES string of the molecule is CCOC(=O)C(O)c1ccc(Br)nc1[N+](=O)[O-]. The van der Waals surface area contributed by atoms with E-state index in [9.17, 15) is 20.0 Å². The molecule has 0 spiro atoms. The zero-order chi connectivity index (χ0) is 13.0. The first-order valence-corrected chi connectivity index (χ1v) is 5.42. The molecule has 1 unspecified atom stereocenters. The van der Waals surface area contributed by atoms with Crippen LogP contribution in [0.2, 0.25) is 0 Å². The lowest BCUT2D eigenvalue weighted by atomic mass is 10.1. The molecule has 0 saturated carbocycles. The third kappa shape index (κ3) is 3.21. The maximum absolute atomic E-state index is 11.3. The molecule has 1 N–H and O–H groups in total. The van der Waals surface area contributed by atoms with E-state index in [-0.39, 0.29) is 16.8 Å². The highest BCUT2D eigenvalue weighted by atomic mass is 79.9. The Morgan fingerprint density at radius 2 is 2.35 bits per heavy atom. The van der Waals surface area contributed by atoms with E-state index in [2.05, 4.69) is 25.7 Å². The summed E-state index contributed by atoms with van der Waals surface area (Å²) < 4.78 is 4.81. The summed E-state index contributed by atoms with van der Waals surface area (Å²) in [6.45, 7) is 1.65. The number of aliphatic hydroxyl groups excluding tert-OH is 1. The van der Waals surface area contributed by atoms with Crippen LogP contribution in [0.25, 0.3) is 0 Å². The number of carbonyl (C=O) groups is 1. The zero-order valence-electron chi connectivity index (χ0n) is 8.79. The number of aliphatic hydroxyl groups is 1. The molecule has 92 valence electrons. The molecular weight excluding hydrogens is 296 g/mol. The number of ether oxygens (including phenoxy) is 1. The monoisotopic (exact) mass is 304 g/mol. The molecule has 7 nitrogen and oxygen atoms in total. The largest absolute Gasteiger partial charge is 0.464 e. The van der Waals surface area contributed by atoms with Crippen molar-refractivity contribution in [2.24, 2.45) is 0 Å². The summed E-state index contributed by atoms with van der Waals surface area (Å²) in [6, 6.07) is 2.64. The molecule has 0 fully saturated rings. The number of hydrogen-bond donors (Lipinski definition) is 1. The molecule has 1 aromatic heterocycles. The van der Waals surface area contributed by atoms with E-state index in [4.69, 9.17) is 0 Å². The number of hydrogen-bond acceptors (Lipinski definition) is 6. The lowest BCUT2D eigenvalue weighted by Crippen LogP contribution is -2.17. The van der Waals surface area contributed by atoms with Crippen LogP contribution in [0.15, 0.2) is 16.7 Å². The Hall–Kier alpha value is -1.54. The van der Waals surface area contributed by atoms with Crippen molar-refractivity contribution in [3.8, 4) is 0 Å². The van der Waals surface area contributed by atoms with Gasteiger partial charge in [-0.25, -0.2) is 4.79 Å². The lowest BCUT2D eigenvalue weighted by Gasteiger charge is -2.09. The minimum Gasteiger partial charge on any atom is -0.464 e. The molecule has 0 aromatic carbocycles. The maximum Gasteiger partial charge on any atom is 0.371 e. The number of rotatable bonds is 4. The molecule has 0 aliphatic rings. The second kappa shape index (κ2) is 5.69. The minimum absolute atomic E-state index is 0.0770. The Balaban J connectivity index is 3.12. The van der Waals surface area contributed by atoms with Crippen LogP contribution in [0, 0.1) is 10.1 Å². The number of nitrogens with zero attached hydrogens (tertiary/aromatic N) is 2. The first-order valence-electron chi connectivity index (χ1n) is 4.63. The first-order chi connectivity index (χ1) is 7.97. The van der Waals surface area contributed by atoms with Gasteiger partial charge in [0, 0.05) is 15.9 Å². The zero-order valence-corrected chi connectivity index (χ0v) is 10.4. The third-order valence-corrected chi connectivity index (χ3v) is 2.29. The van der Waals surface area contributed by atoms with Crippen molar-refractivity contribution in [2.45, 2.75) is 13.0 Å². The van der Waals surface area contributed by atoms with Crippen LogP contribution < -0.4 is 0 Å². The van der Waals surface area contributed by atoms with E-state index in [1.807, 2.05) is 0 Å². The van der Waals surface area contributed by atoms with Gasteiger partial charge in [0.25, 0.3) is 0 Å². The Morgan fingerprint density at radius 1 is 1.71 bits per heavy atom. The number of carbonyl (C=O) groups excluding carboxylic acids is 1. The van der Waals surface area contributed by atoms with Gasteiger partial charge < -0.3 is 20.0 Å². The number of aromatic nitrogens is 1. The second-order valence-corrected chi connectivity index (χ2v) is 3.77. The highest BCUT2D eigenvalue weighted by Gasteiger charge is 2.28. The van der Waals surface area contributed by atoms with E-state index in [1.165, 1.54) is 12.1 Å². The molecular formula is C9H9BrN2O5. The van der Waals surface area contributed by atoms with Crippen molar-refractivity contribution in [3.63, 3.8) is 0 Å². The second-order valence-electron chi connectivity index (χ2n) is 2.96. The van der Waals surface area contributed by atoms with Gasteiger partial charge in [-0.1, -0.05) is 0 Å². The average Bonchev–Trinajstić information content (AvgIpc) is 2.28. The van der Waals surface area contributed by atoms with Crippen molar-refractivity contribution in [1.82, 2.24) is 4.98 Å². The fraction of sp³-hybridized carbons (Fsp3) is 0.333. The molecule has 0 aliphatic carbocycles. The van der Waals surface area contributed by atoms with Crippen molar-refractivity contribution < 1.29 is 19.6 Å². The first kappa shape index (κ1) is 13.5. The molecule has 1 heterocycles. The van der Waals surface area contributed by atoms with Gasteiger partial charge in [0.15, 0.2) is 6.10 Å². The van der Waals surface area contributed by atoms with Gasteiger partial charge in [-0.2, -0.15) is 0 Å². The smallest absolute Gasteiger partial charge is 0.371 e. The van der Waals surface area contributed by atoms with Gasteiger partial charge in [-0.05, 0) is 29.0 Å². The van der Waals surface area contributed by atoms with Crippen molar-refractivity contribution in [1.29, 1.82) is 0 Å². The van der Waals surface area contributed by atoms with E-state index < -0.39 is 22.8 Å². The van der Waals surface area contributed by atoms with Crippen LogP contribution in [-0.4, -0.2) is 27.6 Å². The number of nitro groups is 1. The number of esters is 1. The topological polar surface area (TPSA) is 103 Å². The summed E-state index contributed by atoms with van der Waals surface area (Å²) in [5.41, 5.74) is -0.198. The highest BCUT2D eigenvalue weighted by Crippen LogP contribution is 2.25. The minimum atomic E-state index is -1.71. The van der Waals surface area contributed by atoms with Gasteiger partial charge in [-0.3, -0.25) is 0 Å². The summed E-state index contributed by atoms with van der Waals surface area (Å²) in [5, 5.41) is 20.3. The number of pyridine rings is 1. The van der Waals surface area contributed by atoms with Crippen molar-refractivity contribution >= 4 is 27.7 Å². The molecule has 0 bridgehead atoms.